The van der Waals surface area contributed by atoms with Gasteiger partial charge in [-0.1, -0.05) is 0 Å². The van der Waals surface area contributed by atoms with Crippen LogP contribution in [0.25, 0.3) is 22.7 Å². The Bertz CT molecular complexity index is 1290. The number of para-hydroxylation sites is 1. The van der Waals surface area contributed by atoms with Crippen LogP contribution in [0.5, 0.6) is 0 Å². The minimum Gasteiger partial charge on any atom is -1.00 e. The molecule has 0 saturated heterocycles. The fourth-order valence-corrected chi connectivity index (χ4v) is 10.1. The molecule has 0 radical (unpaired) electrons. The number of fused-ring (bicyclic) bond motifs is 2. The Labute approximate surface area is 216 Å². The maximum Gasteiger partial charge on any atom is -1.00 e. The first kappa shape index (κ1) is 25.3. The predicted molar refractivity (Wildman–Crippen MR) is 125 cm³/mol. The van der Waals surface area contributed by atoms with E-state index in [4.69, 9.17) is 0 Å². The summed E-state index contributed by atoms with van der Waals surface area (Å²) < 4.78 is 4.91. The van der Waals surface area contributed by atoms with Crippen LogP contribution in [0.4, 0.5) is 0 Å². The van der Waals surface area contributed by atoms with Gasteiger partial charge >= 0.3 is 192 Å². The molecular formula is C28H29Cl2NZr. The molecule has 0 spiro atoms. The first-order valence-corrected chi connectivity index (χ1v) is 13.6. The Morgan fingerprint density at radius 1 is 0.812 bits per heavy atom. The van der Waals surface area contributed by atoms with Crippen molar-refractivity contribution in [2.75, 3.05) is 0 Å². The molecule has 164 valence electrons. The van der Waals surface area contributed by atoms with Crippen molar-refractivity contribution in [1.29, 1.82) is 0 Å². The molecule has 0 bridgehead atoms. The number of nitrogens with zero attached hydrogens (tertiary/aromatic N) is 1. The third-order valence-electron chi connectivity index (χ3n) is 7.53. The van der Waals surface area contributed by atoms with E-state index in [1.54, 1.807) is 20.0 Å². The molecule has 2 unspecified atom stereocenters. The van der Waals surface area contributed by atoms with Crippen molar-refractivity contribution < 1.29 is 48.0 Å². The van der Waals surface area contributed by atoms with Crippen LogP contribution < -0.4 is 24.8 Å². The first-order valence-electron chi connectivity index (χ1n) is 10.9. The van der Waals surface area contributed by atoms with Gasteiger partial charge in [-0.15, -0.1) is 0 Å². The maximum absolute atomic E-state index is 2.57. The summed E-state index contributed by atoms with van der Waals surface area (Å²) in [5.74, 6) is 0.620. The van der Waals surface area contributed by atoms with Gasteiger partial charge in [0.1, 0.15) is 0 Å². The quantitative estimate of drug-likeness (QED) is 0.476. The van der Waals surface area contributed by atoms with Crippen molar-refractivity contribution in [2.24, 2.45) is 5.92 Å². The van der Waals surface area contributed by atoms with E-state index in [1.165, 1.54) is 39.0 Å². The van der Waals surface area contributed by atoms with Crippen LogP contribution in [0.2, 0.25) is 0 Å². The van der Waals surface area contributed by atoms with Crippen molar-refractivity contribution in [3.8, 4) is 0 Å². The van der Waals surface area contributed by atoms with E-state index >= 15 is 0 Å². The molecule has 4 heteroatoms. The number of hydrogen-bond donors (Lipinski definition) is 0. The zero-order chi connectivity index (χ0) is 21.2. The molecule has 5 rings (SSSR count). The first-order chi connectivity index (χ1) is 14.4. The molecule has 2 aliphatic rings. The second-order valence-corrected chi connectivity index (χ2v) is 12.4. The summed E-state index contributed by atoms with van der Waals surface area (Å²) in [5.41, 5.74) is 13.3. The van der Waals surface area contributed by atoms with Crippen LogP contribution in [0.1, 0.15) is 53.7 Å². The Morgan fingerprint density at radius 3 is 2.16 bits per heavy atom. The molecule has 0 N–H and O–H groups in total. The van der Waals surface area contributed by atoms with E-state index < -0.39 is 23.2 Å². The Kier molecular flexibility index (Phi) is 7.50. The topological polar surface area (TPSA) is 4.93 Å². The average molecular weight is 542 g/mol. The molecule has 1 aromatic heterocycles. The second kappa shape index (κ2) is 9.49. The smallest absolute Gasteiger partial charge is 1.00 e. The van der Waals surface area contributed by atoms with Crippen LogP contribution in [-0.4, -0.2) is 4.57 Å². The van der Waals surface area contributed by atoms with Gasteiger partial charge in [0.2, 0.25) is 0 Å². The summed E-state index contributed by atoms with van der Waals surface area (Å²) in [7, 11) is 0. The minimum absolute atomic E-state index is 0. The normalized spacial score (nSPS) is 19.5. The summed E-state index contributed by atoms with van der Waals surface area (Å²) in [6.07, 6.45) is 2.47. The molecule has 2 aromatic carbocycles. The van der Waals surface area contributed by atoms with Crippen LogP contribution in [0.15, 0.2) is 68.5 Å². The average Bonchev–Trinajstić information content (AvgIpc) is 3.30. The van der Waals surface area contributed by atoms with Gasteiger partial charge in [-0.25, -0.2) is 0 Å². The van der Waals surface area contributed by atoms with Crippen molar-refractivity contribution in [3.05, 3.63) is 90.9 Å². The fourth-order valence-electron chi connectivity index (χ4n) is 5.27. The van der Waals surface area contributed by atoms with Crippen LogP contribution in [-0.2, 0) is 23.2 Å². The molecule has 0 saturated carbocycles. The van der Waals surface area contributed by atoms with Crippen LogP contribution >= 0.6 is 0 Å². The van der Waals surface area contributed by atoms with Crippen molar-refractivity contribution >= 4 is 22.7 Å². The van der Waals surface area contributed by atoms with Gasteiger partial charge in [0, 0.05) is 0 Å². The van der Waals surface area contributed by atoms with Gasteiger partial charge in [0.05, 0.1) is 0 Å². The molecule has 0 fully saturated rings. The van der Waals surface area contributed by atoms with E-state index in [1.807, 2.05) is 0 Å². The van der Waals surface area contributed by atoms with E-state index in [0.29, 0.717) is 9.54 Å². The SMILES string of the molecule is CC1=C(C)C(C)[C]([Zr+2][CH]2C(n3c(C)c(C)c4ccccc43)=Cc3ccccc32)=C1C.[Cl-].[Cl-]. The number of halogens is 2. The molecule has 2 atom stereocenters. The summed E-state index contributed by atoms with van der Waals surface area (Å²) in [5, 5.41) is 1.38. The predicted octanol–water partition coefficient (Wildman–Crippen LogP) is 1.66. The van der Waals surface area contributed by atoms with Gasteiger partial charge in [-0.2, -0.15) is 0 Å². The number of aromatic nitrogens is 1. The number of aryl methyl sites for hydroxylation is 1. The molecule has 1 nitrogen and oxygen atoms in total. The van der Waals surface area contributed by atoms with E-state index in [0.717, 1.165) is 0 Å². The van der Waals surface area contributed by atoms with Crippen molar-refractivity contribution in [1.82, 2.24) is 4.57 Å². The third-order valence-corrected chi connectivity index (χ3v) is 12.5. The maximum atomic E-state index is 2.57. The molecule has 32 heavy (non-hydrogen) atoms. The largest absolute Gasteiger partial charge is 1.00 e. The summed E-state index contributed by atoms with van der Waals surface area (Å²) in [4.78, 5) is 0. The third kappa shape index (κ3) is 3.73. The summed E-state index contributed by atoms with van der Waals surface area (Å²) in [6.45, 7) is 14.0. The Morgan fingerprint density at radius 2 is 1.47 bits per heavy atom. The summed E-state index contributed by atoms with van der Waals surface area (Å²) in [6, 6.07) is 18.0. The number of benzene rings is 2. The Balaban J connectivity index is 0.00000144. The number of rotatable bonds is 3. The minimum atomic E-state index is -0.879. The molecule has 2 aliphatic carbocycles. The zero-order valence-electron chi connectivity index (χ0n) is 19.6. The Hall–Kier alpha value is -1.34. The standard InChI is InChI=1S/C19H16N.C9H13.2ClH.Zr/c1-13-14(2)20(19-10-6-5-9-18(13)19)17-11-15-7-3-4-8-16(15)12-17;1-6-5-7(2)9(4)8(6)3;;;/h3-12H,1-2H3;6H,1-4H3;2*1H;/q;;;;+2/p-2. The molecule has 0 aliphatic heterocycles. The van der Waals surface area contributed by atoms with E-state index in [-0.39, 0.29) is 24.8 Å². The van der Waals surface area contributed by atoms with Gasteiger partial charge in [0.25, 0.3) is 0 Å². The molecule has 1 heterocycles. The molecule has 3 aromatic rings. The second-order valence-electron chi connectivity index (χ2n) is 8.91. The van der Waals surface area contributed by atoms with Gasteiger partial charge in [-0.3, -0.25) is 0 Å². The molecule has 0 amide bonds. The van der Waals surface area contributed by atoms with Crippen molar-refractivity contribution in [3.63, 3.8) is 0 Å². The van der Waals surface area contributed by atoms with Gasteiger partial charge in [0.15, 0.2) is 0 Å². The van der Waals surface area contributed by atoms with Crippen LogP contribution in [0.3, 0.4) is 0 Å². The van der Waals surface area contributed by atoms with Crippen molar-refractivity contribution in [2.45, 2.75) is 45.2 Å². The van der Waals surface area contributed by atoms with Gasteiger partial charge < -0.3 is 24.8 Å². The van der Waals surface area contributed by atoms with Gasteiger partial charge in [-0.05, 0) is 0 Å². The van der Waals surface area contributed by atoms with E-state index in [2.05, 4.69) is 101 Å². The van der Waals surface area contributed by atoms with Crippen LogP contribution in [0, 0.1) is 19.8 Å². The molecular weight excluding hydrogens is 512 g/mol. The fraction of sp³-hybridized carbons (Fsp3) is 0.286. The van der Waals surface area contributed by atoms with E-state index in [9.17, 15) is 0 Å². The summed E-state index contributed by atoms with van der Waals surface area (Å²) >= 11 is -0.879. The number of hydrogen-bond acceptors (Lipinski definition) is 0. The monoisotopic (exact) mass is 539 g/mol. The number of allylic oxidation sites excluding steroid dienone is 5. The zero-order valence-corrected chi connectivity index (χ0v) is 23.5.